The van der Waals surface area contributed by atoms with Crippen molar-refractivity contribution in [1.82, 2.24) is 10.3 Å². The van der Waals surface area contributed by atoms with E-state index in [1.165, 1.54) is 6.08 Å². The normalized spacial score (nSPS) is 11.8. The third kappa shape index (κ3) is 5.77. The fourth-order valence-corrected chi connectivity index (χ4v) is 2.86. The van der Waals surface area contributed by atoms with Gasteiger partial charge >= 0.3 is 0 Å². The second-order valence-corrected chi connectivity index (χ2v) is 6.82. The third-order valence-electron chi connectivity index (χ3n) is 4.22. The molecule has 2 amide bonds. The van der Waals surface area contributed by atoms with Gasteiger partial charge in [0.25, 0.3) is 5.91 Å². The fraction of sp³-hybridized carbons (Fsp3) is 0.0870. The average Bonchev–Trinajstić information content (AvgIpc) is 2.75. The van der Waals surface area contributed by atoms with Gasteiger partial charge in [-0.2, -0.15) is 0 Å². The number of nitrogens with zero attached hydrogens (tertiary/aromatic N) is 1. The maximum absolute atomic E-state index is 12.3. The first kappa shape index (κ1) is 20.3. The molecule has 0 aliphatic carbocycles. The Morgan fingerprint density at radius 3 is 2.59 bits per heavy atom. The van der Waals surface area contributed by atoms with Crippen LogP contribution in [0.1, 0.15) is 32.5 Å². The zero-order chi connectivity index (χ0) is 20.6. The Balaban J connectivity index is 1.68. The molecule has 0 spiro atoms. The molecule has 0 fully saturated rings. The Kier molecular flexibility index (Phi) is 6.76. The summed E-state index contributed by atoms with van der Waals surface area (Å²) in [5.41, 5.74) is 2.81. The van der Waals surface area contributed by atoms with Crippen LogP contribution in [0, 0.1) is 6.92 Å². The minimum atomic E-state index is -0.732. The average molecular weight is 406 g/mol. The van der Waals surface area contributed by atoms with Gasteiger partial charge in [0.2, 0.25) is 5.91 Å². The predicted octanol–water partition coefficient (Wildman–Crippen LogP) is 4.71. The van der Waals surface area contributed by atoms with Gasteiger partial charge in [-0.3, -0.25) is 14.6 Å². The van der Waals surface area contributed by atoms with Crippen molar-refractivity contribution in [3.63, 3.8) is 0 Å². The summed E-state index contributed by atoms with van der Waals surface area (Å²) in [6.07, 6.45) is 6.47. The van der Waals surface area contributed by atoms with Crippen LogP contribution in [0.15, 0.2) is 79.1 Å². The van der Waals surface area contributed by atoms with Crippen molar-refractivity contribution in [3.8, 4) is 0 Å². The molecule has 0 bridgehead atoms. The number of nitrogens with one attached hydrogen (secondary N) is 2. The second-order valence-electron chi connectivity index (χ2n) is 6.39. The Labute approximate surface area is 174 Å². The summed E-state index contributed by atoms with van der Waals surface area (Å²) in [4.78, 5) is 28.6. The highest BCUT2D eigenvalue weighted by molar-refractivity contribution is 6.22. The minimum absolute atomic E-state index is 0.267. The SMILES string of the molecule is Cc1ccc(C(Cl)NC(=O)c2ccccc2)cc1NC(=O)/C=C/c1cccnc1. The van der Waals surface area contributed by atoms with E-state index >= 15 is 0 Å². The van der Waals surface area contributed by atoms with Crippen molar-refractivity contribution in [2.45, 2.75) is 12.4 Å². The van der Waals surface area contributed by atoms with Gasteiger partial charge in [0.05, 0.1) is 0 Å². The summed E-state index contributed by atoms with van der Waals surface area (Å²) in [5.74, 6) is -0.537. The van der Waals surface area contributed by atoms with Crippen LogP contribution in [0.2, 0.25) is 0 Å². The molecule has 0 saturated heterocycles. The van der Waals surface area contributed by atoms with E-state index in [0.717, 1.165) is 11.1 Å². The molecule has 29 heavy (non-hydrogen) atoms. The van der Waals surface area contributed by atoms with Crippen molar-refractivity contribution in [3.05, 3.63) is 101 Å². The molecule has 0 saturated carbocycles. The van der Waals surface area contributed by atoms with Crippen molar-refractivity contribution in [2.75, 3.05) is 5.32 Å². The van der Waals surface area contributed by atoms with Crippen molar-refractivity contribution < 1.29 is 9.59 Å². The smallest absolute Gasteiger partial charge is 0.252 e. The number of pyridine rings is 1. The van der Waals surface area contributed by atoms with Gasteiger partial charge in [0, 0.05) is 29.7 Å². The van der Waals surface area contributed by atoms with Crippen LogP contribution >= 0.6 is 11.6 Å². The summed E-state index contributed by atoms with van der Waals surface area (Å²) >= 11 is 6.39. The number of amides is 2. The van der Waals surface area contributed by atoms with Crippen LogP contribution in [0.25, 0.3) is 6.08 Å². The Morgan fingerprint density at radius 1 is 1.07 bits per heavy atom. The quantitative estimate of drug-likeness (QED) is 0.354. The molecule has 3 rings (SSSR count). The van der Waals surface area contributed by atoms with Crippen LogP contribution in [0.4, 0.5) is 5.69 Å². The number of carbonyl (C=O) groups excluding carboxylic acids is 2. The van der Waals surface area contributed by atoms with E-state index in [4.69, 9.17) is 11.6 Å². The summed E-state index contributed by atoms with van der Waals surface area (Å²) in [6, 6.07) is 17.9. The molecule has 0 aliphatic heterocycles. The number of alkyl halides is 1. The molecule has 5 nitrogen and oxygen atoms in total. The lowest BCUT2D eigenvalue weighted by Gasteiger charge is -2.15. The largest absolute Gasteiger partial charge is 0.332 e. The minimum Gasteiger partial charge on any atom is -0.332 e. The highest BCUT2D eigenvalue weighted by Gasteiger charge is 2.14. The Bertz CT molecular complexity index is 1020. The van der Waals surface area contributed by atoms with Gasteiger partial charge in [-0.25, -0.2) is 0 Å². The predicted molar refractivity (Wildman–Crippen MR) is 116 cm³/mol. The number of rotatable bonds is 6. The molecule has 1 unspecified atom stereocenters. The highest BCUT2D eigenvalue weighted by Crippen LogP contribution is 2.24. The van der Waals surface area contributed by atoms with Gasteiger partial charge in [-0.1, -0.05) is 48.0 Å². The molecular formula is C23H20ClN3O2. The zero-order valence-electron chi connectivity index (χ0n) is 15.8. The number of aromatic nitrogens is 1. The van der Waals surface area contributed by atoms with Gasteiger partial charge in [-0.05, 0) is 54.0 Å². The van der Waals surface area contributed by atoms with Gasteiger partial charge in [0.15, 0.2) is 0 Å². The number of carbonyl (C=O) groups is 2. The topological polar surface area (TPSA) is 71.1 Å². The summed E-state index contributed by atoms with van der Waals surface area (Å²) < 4.78 is 0. The maximum atomic E-state index is 12.3. The Morgan fingerprint density at radius 2 is 1.86 bits per heavy atom. The van der Waals surface area contributed by atoms with Crippen LogP contribution < -0.4 is 10.6 Å². The monoisotopic (exact) mass is 405 g/mol. The molecular weight excluding hydrogens is 386 g/mol. The first-order chi connectivity index (χ1) is 14.0. The molecule has 2 N–H and O–H groups in total. The van der Waals surface area contributed by atoms with E-state index in [1.54, 1.807) is 54.9 Å². The van der Waals surface area contributed by atoms with Crippen LogP contribution in [-0.4, -0.2) is 16.8 Å². The van der Waals surface area contributed by atoms with E-state index in [9.17, 15) is 9.59 Å². The van der Waals surface area contributed by atoms with E-state index in [1.807, 2.05) is 31.2 Å². The van der Waals surface area contributed by atoms with Gasteiger partial charge < -0.3 is 10.6 Å². The standard InChI is InChI=1S/C23H20ClN3O2/c1-16-9-11-19(22(24)27-23(29)18-7-3-2-4-8-18)14-20(16)26-21(28)12-10-17-6-5-13-25-15-17/h2-15,22H,1H3,(H,26,28)(H,27,29)/b12-10+. The zero-order valence-corrected chi connectivity index (χ0v) is 16.6. The number of halogens is 1. The summed E-state index contributed by atoms with van der Waals surface area (Å²) in [6.45, 7) is 1.88. The van der Waals surface area contributed by atoms with E-state index in [-0.39, 0.29) is 11.8 Å². The number of hydrogen-bond acceptors (Lipinski definition) is 3. The number of hydrogen-bond donors (Lipinski definition) is 2. The van der Waals surface area contributed by atoms with Gasteiger partial charge in [0.1, 0.15) is 5.50 Å². The third-order valence-corrected chi connectivity index (χ3v) is 4.58. The van der Waals surface area contributed by atoms with Crippen LogP contribution in [0.3, 0.4) is 0 Å². The fourth-order valence-electron chi connectivity index (χ4n) is 2.62. The first-order valence-electron chi connectivity index (χ1n) is 9.02. The van der Waals surface area contributed by atoms with Crippen molar-refractivity contribution in [1.29, 1.82) is 0 Å². The number of anilines is 1. The second kappa shape index (κ2) is 9.66. The highest BCUT2D eigenvalue weighted by atomic mass is 35.5. The molecule has 1 aromatic heterocycles. The molecule has 1 atom stereocenters. The molecule has 0 aliphatic rings. The molecule has 6 heteroatoms. The lowest BCUT2D eigenvalue weighted by atomic mass is 10.1. The molecule has 146 valence electrons. The maximum Gasteiger partial charge on any atom is 0.252 e. The molecule has 3 aromatic rings. The summed E-state index contributed by atoms with van der Waals surface area (Å²) in [7, 11) is 0. The van der Waals surface area contributed by atoms with Crippen LogP contribution in [0.5, 0.6) is 0 Å². The van der Waals surface area contributed by atoms with E-state index in [2.05, 4.69) is 15.6 Å². The van der Waals surface area contributed by atoms with E-state index < -0.39 is 5.50 Å². The Hall–Kier alpha value is -3.44. The summed E-state index contributed by atoms with van der Waals surface area (Å²) in [5, 5.41) is 5.60. The molecule has 2 aromatic carbocycles. The number of aryl methyl sites for hydroxylation is 1. The first-order valence-corrected chi connectivity index (χ1v) is 9.46. The molecule has 1 heterocycles. The number of benzene rings is 2. The van der Waals surface area contributed by atoms with E-state index in [0.29, 0.717) is 16.8 Å². The lowest BCUT2D eigenvalue weighted by molar-refractivity contribution is -0.111. The lowest BCUT2D eigenvalue weighted by Crippen LogP contribution is -2.25. The van der Waals surface area contributed by atoms with Gasteiger partial charge in [-0.15, -0.1) is 0 Å². The van der Waals surface area contributed by atoms with Crippen LogP contribution in [-0.2, 0) is 4.79 Å². The van der Waals surface area contributed by atoms with Crippen molar-refractivity contribution in [2.24, 2.45) is 0 Å². The molecule has 0 radical (unpaired) electrons. The van der Waals surface area contributed by atoms with Crippen molar-refractivity contribution >= 4 is 35.2 Å².